The van der Waals surface area contributed by atoms with Crippen molar-refractivity contribution >= 4 is 15.7 Å². The Kier molecular flexibility index (Phi) is 4.84. The van der Waals surface area contributed by atoms with Gasteiger partial charge in [-0.25, -0.2) is 8.42 Å². The zero-order chi connectivity index (χ0) is 13.9. The first-order valence-corrected chi connectivity index (χ1v) is 8.99. The predicted octanol–water partition coefficient (Wildman–Crippen LogP) is 0.412. The lowest BCUT2D eigenvalue weighted by molar-refractivity contribution is -0.133. The number of carbonyl (C=O) groups excluding carboxylic acids is 1. The van der Waals surface area contributed by atoms with Gasteiger partial charge in [0.25, 0.3) is 0 Å². The van der Waals surface area contributed by atoms with Crippen molar-refractivity contribution in [3.8, 4) is 0 Å². The molecular weight excluding hydrogens is 264 g/mol. The summed E-state index contributed by atoms with van der Waals surface area (Å²) in [7, 11) is -1.18. The predicted molar refractivity (Wildman–Crippen MR) is 74.7 cm³/mol. The highest BCUT2D eigenvalue weighted by atomic mass is 32.2. The first kappa shape index (κ1) is 14.8. The normalized spacial score (nSPS) is 30.2. The SMILES string of the molecule is CN(CCC1CCCCN1)C(=O)C1CCS(=O)(=O)C1. The molecule has 0 aromatic rings. The Morgan fingerprint density at radius 1 is 1.32 bits per heavy atom. The Morgan fingerprint density at radius 2 is 2.11 bits per heavy atom. The zero-order valence-corrected chi connectivity index (χ0v) is 12.4. The third-order valence-corrected chi connectivity index (χ3v) is 5.95. The average molecular weight is 288 g/mol. The number of sulfone groups is 1. The van der Waals surface area contributed by atoms with Crippen LogP contribution in [0.4, 0.5) is 0 Å². The molecule has 2 heterocycles. The molecule has 1 N–H and O–H groups in total. The van der Waals surface area contributed by atoms with Gasteiger partial charge in [0.05, 0.1) is 17.4 Å². The van der Waals surface area contributed by atoms with Crippen LogP contribution in [0.25, 0.3) is 0 Å². The van der Waals surface area contributed by atoms with Gasteiger partial charge < -0.3 is 10.2 Å². The molecule has 2 aliphatic heterocycles. The number of piperidine rings is 1. The molecular formula is C13H24N2O3S. The number of hydrogen-bond donors (Lipinski definition) is 1. The highest BCUT2D eigenvalue weighted by Crippen LogP contribution is 2.20. The number of rotatable bonds is 4. The molecule has 1 amide bonds. The van der Waals surface area contributed by atoms with Crippen LogP contribution in [0.1, 0.15) is 32.1 Å². The van der Waals surface area contributed by atoms with E-state index in [1.807, 2.05) is 0 Å². The molecule has 0 aliphatic carbocycles. The summed E-state index contributed by atoms with van der Waals surface area (Å²) in [6.07, 6.45) is 5.14. The number of carbonyl (C=O) groups is 1. The topological polar surface area (TPSA) is 66.5 Å². The van der Waals surface area contributed by atoms with E-state index in [-0.39, 0.29) is 23.3 Å². The third kappa shape index (κ3) is 4.18. The first-order chi connectivity index (χ1) is 8.98. The Labute approximate surface area is 115 Å². The molecule has 0 saturated carbocycles. The van der Waals surface area contributed by atoms with E-state index in [9.17, 15) is 13.2 Å². The van der Waals surface area contributed by atoms with Crippen molar-refractivity contribution in [3.05, 3.63) is 0 Å². The van der Waals surface area contributed by atoms with Gasteiger partial charge in [-0.15, -0.1) is 0 Å². The van der Waals surface area contributed by atoms with Crippen LogP contribution >= 0.6 is 0 Å². The number of nitrogens with one attached hydrogen (secondary N) is 1. The van der Waals surface area contributed by atoms with Gasteiger partial charge in [-0.3, -0.25) is 4.79 Å². The maximum absolute atomic E-state index is 12.1. The van der Waals surface area contributed by atoms with Crippen LogP contribution in [0.15, 0.2) is 0 Å². The lowest BCUT2D eigenvalue weighted by atomic mass is 10.0. The van der Waals surface area contributed by atoms with Crippen LogP contribution in [-0.2, 0) is 14.6 Å². The summed E-state index contributed by atoms with van der Waals surface area (Å²) in [6.45, 7) is 1.79. The number of nitrogens with zero attached hydrogens (tertiary/aromatic N) is 1. The molecule has 2 rings (SSSR count). The molecule has 2 unspecified atom stereocenters. The summed E-state index contributed by atoms with van der Waals surface area (Å²) in [5.41, 5.74) is 0. The van der Waals surface area contributed by atoms with E-state index in [0.29, 0.717) is 19.0 Å². The van der Waals surface area contributed by atoms with Gasteiger partial charge in [0.15, 0.2) is 9.84 Å². The maximum Gasteiger partial charge on any atom is 0.226 e. The van der Waals surface area contributed by atoms with Crippen molar-refractivity contribution in [2.75, 3.05) is 31.6 Å². The quantitative estimate of drug-likeness (QED) is 0.814. The van der Waals surface area contributed by atoms with Crippen LogP contribution in [0.2, 0.25) is 0 Å². The monoisotopic (exact) mass is 288 g/mol. The molecule has 2 aliphatic rings. The van der Waals surface area contributed by atoms with Gasteiger partial charge in [-0.2, -0.15) is 0 Å². The molecule has 19 heavy (non-hydrogen) atoms. The molecule has 5 nitrogen and oxygen atoms in total. The molecule has 2 fully saturated rings. The second kappa shape index (κ2) is 6.22. The van der Waals surface area contributed by atoms with Crippen LogP contribution in [-0.4, -0.2) is 56.9 Å². The number of hydrogen-bond acceptors (Lipinski definition) is 4. The van der Waals surface area contributed by atoms with Crippen molar-refractivity contribution in [1.29, 1.82) is 0 Å². The van der Waals surface area contributed by atoms with Crippen molar-refractivity contribution in [2.45, 2.75) is 38.1 Å². The summed E-state index contributed by atoms with van der Waals surface area (Å²) >= 11 is 0. The highest BCUT2D eigenvalue weighted by molar-refractivity contribution is 7.91. The van der Waals surface area contributed by atoms with Crippen molar-refractivity contribution in [1.82, 2.24) is 10.2 Å². The van der Waals surface area contributed by atoms with E-state index >= 15 is 0 Å². The second-order valence-corrected chi connectivity index (χ2v) is 8.02. The fourth-order valence-corrected chi connectivity index (χ4v) is 4.66. The minimum atomic E-state index is -2.97. The Morgan fingerprint density at radius 3 is 2.68 bits per heavy atom. The lowest BCUT2D eigenvalue weighted by Gasteiger charge is -2.27. The Bertz CT molecular complexity index is 416. The summed E-state index contributed by atoms with van der Waals surface area (Å²) in [5.74, 6) is -0.106. The highest BCUT2D eigenvalue weighted by Gasteiger charge is 2.34. The van der Waals surface area contributed by atoms with Crippen molar-refractivity contribution < 1.29 is 13.2 Å². The van der Waals surface area contributed by atoms with E-state index in [1.165, 1.54) is 19.3 Å². The molecule has 2 atom stereocenters. The lowest BCUT2D eigenvalue weighted by Crippen LogP contribution is -2.39. The molecule has 0 bridgehead atoms. The summed E-state index contributed by atoms with van der Waals surface area (Å²) in [6, 6.07) is 0.510. The Hall–Kier alpha value is -0.620. The van der Waals surface area contributed by atoms with E-state index < -0.39 is 9.84 Å². The van der Waals surface area contributed by atoms with Crippen LogP contribution < -0.4 is 5.32 Å². The molecule has 0 aromatic heterocycles. The fraction of sp³-hybridized carbons (Fsp3) is 0.923. The molecule has 0 aromatic carbocycles. The third-order valence-electron chi connectivity index (χ3n) is 4.18. The summed E-state index contributed by atoms with van der Waals surface area (Å²) in [5, 5.41) is 3.46. The van der Waals surface area contributed by atoms with Crippen LogP contribution in [0.3, 0.4) is 0 Å². The standard InChI is InChI=1S/C13H24N2O3S/c1-15(8-5-12-4-2-3-7-14-12)13(16)11-6-9-19(17,18)10-11/h11-12,14H,2-10H2,1H3. The van der Waals surface area contributed by atoms with Crippen molar-refractivity contribution in [2.24, 2.45) is 5.92 Å². The zero-order valence-electron chi connectivity index (χ0n) is 11.6. The van der Waals surface area contributed by atoms with Gasteiger partial charge in [-0.05, 0) is 32.2 Å². The fourth-order valence-electron chi connectivity index (χ4n) is 2.93. The van der Waals surface area contributed by atoms with Crippen molar-refractivity contribution in [3.63, 3.8) is 0 Å². The average Bonchev–Trinajstić information content (AvgIpc) is 2.76. The molecule has 6 heteroatoms. The first-order valence-electron chi connectivity index (χ1n) is 7.17. The van der Waals surface area contributed by atoms with Crippen LogP contribution in [0, 0.1) is 5.92 Å². The van der Waals surface area contributed by atoms with Gasteiger partial charge in [0, 0.05) is 19.6 Å². The van der Waals surface area contributed by atoms with Gasteiger partial charge in [-0.1, -0.05) is 6.42 Å². The van der Waals surface area contributed by atoms with Gasteiger partial charge >= 0.3 is 0 Å². The van der Waals surface area contributed by atoms with Gasteiger partial charge in [0.2, 0.25) is 5.91 Å². The maximum atomic E-state index is 12.1. The largest absolute Gasteiger partial charge is 0.345 e. The molecule has 2 saturated heterocycles. The van der Waals surface area contributed by atoms with E-state index in [4.69, 9.17) is 0 Å². The number of amides is 1. The van der Waals surface area contributed by atoms with E-state index in [1.54, 1.807) is 11.9 Å². The summed E-state index contributed by atoms with van der Waals surface area (Å²) in [4.78, 5) is 13.9. The smallest absolute Gasteiger partial charge is 0.226 e. The molecule has 0 radical (unpaired) electrons. The molecule has 110 valence electrons. The second-order valence-electron chi connectivity index (χ2n) is 5.80. The Balaban J connectivity index is 1.76. The summed E-state index contributed by atoms with van der Waals surface area (Å²) < 4.78 is 22.8. The van der Waals surface area contributed by atoms with E-state index in [0.717, 1.165) is 13.0 Å². The molecule has 0 spiro atoms. The minimum absolute atomic E-state index is 0.00288. The van der Waals surface area contributed by atoms with E-state index in [2.05, 4.69) is 5.32 Å². The van der Waals surface area contributed by atoms with Crippen LogP contribution in [0.5, 0.6) is 0 Å². The van der Waals surface area contributed by atoms with Gasteiger partial charge in [0.1, 0.15) is 0 Å². The minimum Gasteiger partial charge on any atom is -0.345 e.